The van der Waals surface area contributed by atoms with E-state index in [9.17, 15) is 9.59 Å². The lowest BCUT2D eigenvalue weighted by atomic mass is 9.84. The summed E-state index contributed by atoms with van der Waals surface area (Å²) in [6.45, 7) is 5.66. The topological polar surface area (TPSA) is 53.1 Å². The van der Waals surface area contributed by atoms with Crippen molar-refractivity contribution in [2.75, 3.05) is 50.8 Å². The van der Waals surface area contributed by atoms with Crippen LogP contribution in [0.4, 0.5) is 5.69 Å². The number of likely N-dealkylation sites (tertiary alicyclic amines) is 1. The maximum atomic E-state index is 12.6. The van der Waals surface area contributed by atoms with E-state index in [0.717, 1.165) is 50.3 Å². The molecule has 29 heavy (non-hydrogen) atoms. The molecule has 158 valence electrons. The molecule has 1 aliphatic carbocycles. The molecule has 2 saturated heterocycles. The third-order valence-electron chi connectivity index (χ3n) is 6.47. The van der Waals surface area contributed by atoms with Crippen LogP contribution in [0.3, 0.4) is 0 Å². The van der Waals surface area contributed by atoms with Gasteiger partial charge in [-0.2, -0.15) is 0 Å². The van der Waals surface area contributed by atoms with Gasteiger partial charge in [0.25, 0.3) is 0 Å². The first kappa shape index (κ1) is 20.2. The Balaban J connectivity index is 1.21. The Morgan fingerprint density at radius 1 is 0.966 bits per heavy atom. The standard InChI is InChI=1S/C23H33N3O3/c27-22-18-25(23(28)19-6-4-7-19)15-16-26(22)20-8-10-21(11-9-20)29-17-5-14-24-12-2-1-3-13-24/h8-11,19H,1-7,12-18H2. The minimum absolute atomic E-state index is 0.000812. The molecule has 1 saturated carbocycles. The molecule has 2 aliphatic heterocycles. The van der Waals surface area contributed by atoms with Gasteiger partial charge in [0.05, 0.1) is 6.61 Å². The number of rotatable bonds is 7. The first-order valence-corrected chi connectivity index (χ1v) is 11.2. The minimum Gasteiger partial charge on any atom is -0.494 e. The second-order valence-electron chi connectivity index (χ2n) is 8.53. The number of hydrogen-bond acceptors (Lipinski definition) is 4. The highest BCUT2D eigenvalue weighted by atomic mass is 16.5. The number of carbonyl (C=O) groups excluding carboxylic acids is 2. The van der Waals surface area contributed by atoms with E-state index in [1.165, 1.54) is 32.4 Å². The van der Waals surface area contributed by atoms with Gasteiger partial charge in [-0.1, -0.05) is 12.8 Å². The fraction of sp³-hybridized carbons (Fsp3) is 0.652. The number of anilines is 1. The molecule has 2 amide bonds. The van der Waals surface area contributed by atoms with E-state index in [2.05, 4.69) is 4.90 Å². The predicted molar refractivity (Wildman–Crippen MR) is 113 cm³/mol. The molecule has 3 fully saturated rings. The van der Waals surface area contributed by atoms with Crippen LogP contribution in [0.1, 0.15) is 44.9 Å². The summed E-state index contributed by atoms with van der Waals surface area (Å²) in [6, 6.07) is 7.77. The smallest absolute Gasteiger partial charge is 0.246 e. The molecule has 0 unspecified atom stereocenters. The van der Waals surface area contributed by atoms with Gasteiger partial charge in [0.1, 0.15) is 12.3 Å². The van der Waals surface area contributed by atoms with Crippen molar-refractivity contribution in [3.8, 4) is 5.75 Å². The molecule has 0 bridgehead atoms. The maximum absolute atomic E-state index is 12.6. The third-order valence-corrected chi connectivity index (χ3v) is 6.47. The van der Waals surface area contributed by atoms with Gasteiger partial charge in [-0.05, 0) is 69.5 Å². The van der Waals surface area contributed by atoms with E-state index < -0.39 is 0 Å². The van der Waals surface area contributed by atoms with Gasteiger partial charge in [0, 0.05) is 31.2 Å². The Bertz CT molecular complexity index is 696. The van der Waals surface area contributed by atoms with Crippen LogP contribution in [0.2, 0.25) is 0 Å². The molecule has 6 nitrogen and oxygen atoms in total. The van der Waals surface area contributed by atoms with Crippen LogP contribution in [0.25, 0.3) is 0 Å². The van der Waals surface area contributed by atoms with E-state index >= 15 is 0 Å². The van der Waals surface area contributed by atoms with Crippen LogP contribution in [-0.4, -0.2) is 67.5 Å². The summed E-state index contributed by atoms with van der Waals surface area (Å²) in [4.78, 5) is 31.0. The summed E-state index contributed by atoms with van der Waals surface area (Å²) < 4.78 is 5.88. The van der Waals surface area contributed by atoms with Crippen molar-refractivity contribution in [3.05, 3.63) is 24.3 Å². The maximum Gasteiger partial charge on any atom is 0.246 e. The number of benzene rings is 1. The molecule has 6 heteroatoms. The molecule has 0 radical (unpaired) electrons. The van der Waals surface area contributed by atoms with Gasteiger partial charge < -0.3 is 19.4 Å². The first-order chi connectivity index (χ1) is 14.2. The van der Waals surface area contributed by atoms with Crippen LogP contribution >= 0.6 is 0 Å². The highest BCUT2D eigenvalue weighted by Gasteiger charge is 2.34. The molecule has 0 aromatic heterocycles. The number of nitrogens with zero attached hydrogens (tertiary/aromatic N) is 3. The van der Waals surface area contributed by atoms with Crippen LogP contribution in [-0.2, 0) is 9.59 Å². The predicted octanol–water partition coefficient (Wildman–Crippen LogP) is 2.92. The van der Waals surface area contributed by atoms with Gasteiger partial charge in [-0.15, -0.1) is 0 Å². The SMILES string of the molecule is O=C(C1CCC1)N1CCN(c2ccc(OCCCN3CCCCC3)cc2)C(=O)C1. The molecular formula is C23H33N3O3. The van der Waals surface area contributed by atoms with Crippen molar-refractivity contribution >= 4 is 17.5 Å². The van der Waals surface area contributed by atoms with E-state index in [4.69, 9.17) is 4.74 Å². The van der Waals surface area contributed by atoms with Crippen molar-refractivity contribution < 1.29 is 14.3 Å². The zero-order valence-corrected chi connectivity index (χ0v) is 17.4. The fourth-order valence-electron chi connectivity index (χ4n) is 4.43. The molecule has 1 aromatic carbocycles. The number of piperazine rings is 1. The zero-order chi connectivity index (χ0) is 20.1. The van der Waals surface area contributed by atoms with Crippen LogP contribution < -0.4 is 9.64 Å². The summed E-state index contributed by atoms with van der Waals surface area (Å²) in [5.74, 6) is 1.16. The zero-order valence-electron chi connectivity index (χ0n) is 17.4. The summed E-state index contributed by atoms with van der Waals surface area (Å²) >= 11 is 0. The summed E-state index contributed by atoms with van der Waals surface area (Å²) in [5, 5.41) is 0. The van der Waals surface area contributed by atoms with E-state index in [-0.39, 0.29) is 24.3 Å². The Morgan fingerprint density at radius 3 is 2.38 bits per heavy atom. The quantitative estimate of drug-likeness (QED) is 0.662. The monoisotopic (exact) mass is 399 g/mol. The molecular weight excluding hydrogens is 366 g/mol. The lowest BCUT2D eigenvalue weighted by molar-refractivity contribution is -0.142. The first-order valence-electron chi connectivity index (χ1n) is 11.2. The normalized spacial score (nSPS) is 21.2. The van der Waals surface area contributed by atoms with Crippen LogP contribution in [0.5, 0.6) is 5.75 Å². The Hall–Kier alpha value is -2.08. The highest BCUT2D eigenvalue weighted by Crippen LogP contribution is 2.29. The number of amides is 2. The van der Waals surface area contributed by atoms with Gasteiger partial charge in [0.15, 0.2) is 0 Å². The van der Waals surface area contributed by atoms with Crippen LogP contribution in [0.15, 0.2) is 24.3 Å². The average Bonchev–Trinajstić information content (AvgIpc) is 2.71. The van der Waals surface area contributed by atoms with E-state index in [0.29, 0.717) is 13.1 Å². The third kappa shape index (κ3) is 5.10. The summed E-state index contributed by atoms with van der Waals surface area (Å²) in [5.41, 5.74) is 0.881. The number of ether oxygens (including phenoxy) is 1. The largest absolute Gasteiger partial charge is 0.494 e. The lowest BCUT2D eigenvalue weighted by Gasteiger charge is -2.37. The Labute approximate surface area is 173 Å². The molecule has 3 aliphatic rings. The fourth-order valence-corrected chi connectivity index (χ4v) is 4.43. The molecule has 0 N–H and O–H groups in total. The number of piperidine rings is 1. The minimum atomic E-state index is -0.000812. The molecule has 0 atom stereocenters. The van der Waals surface area contributed by atoms with Crippen molar-refractivity contribution in [1.82, 2.24) is 9.80 Å². The van der Waals surface area contributed by atoms with Gasteiger partial charge in [-0.25, -0.2) is 0 Å². The Morgan fingerprint density at radius 2 is 1.72 bits per heavy atom. The van der Waals surface area contributed by atoms with E-state index in [1.807, 2.05) is 24.3 Å². The summed E-state index contributed by atoms with van der Waals surface area (Å²) in [7, 11) is 0. The van der Waals surface area contributed by atoms with Gasteiger partial charge in [0.2, 0.25) is 11.8 Å². The van der Waals surface area contributed by atoms with Crippen molar-refractivity contribution in [3.63, 3.8) is 0 Å². The van der Waals surface area contributed by atoms with Crippen molar-refractivity contribution in [2.24, 2.45) is 5.92 Å². The number of hydrogen-bond donors (Lipinski definition) is 0. The second kappa shape index (κ2) is 9.61. The molecule has 1 aromatic rings. The second-order valence-corrected chi connectivity index (χ2v) is 8.53. The number of carbonyl (C=O) groups is 2. The van der Waals surface area contributed by atoms with Gasteiger partial charge in [-0.3, -0.25) is 9.59 Å². The van der Waals surface area contributed by atoms with Crippen molar-refractivity contribution in [1.29, 1.82) is 0 Å². The average molecular weight is 400 g/mol. The van der Waals surface area contributed by atoms with E-state index in [1.54, 1.807) is 9.80 Å². The summed E-state index contributed by atoms with van der Waals surface area (Å²) in [6.07, 6.45) is 8.15. The van der Waals surface area contributed by atoms with Crippen LogP contribution in [0, 0.1) is 5.92 Å². The molecule has 0 spiro atoms. The highest BCUT2D eigenvalue weighted by molar-refractivity contribution is 5.98. The molecule has 2 heterocycles. The van der Waals surface area contributed by atoms with Gasteiger partial charge >= 0.3 is 0 Å². The van der Waals surface area contributed by atoms with Crippen molar-refractivity contribution in [2.45, 2.75) is 44.9 Å². The lowest BCUT2D eigenvalue weighted by Crippen LogP contribution is -2.54. The molecule has 4 rings (SSSR count). The Kier molecular flexibility index (Phi) is 6.70.